The van der Waals surface area contributed by atoms with E-state index in [1.807, 2.05) is 13.0 Å². The summed E-state index contributed by atoms with van der Waals surface area (Å²) >= 11 is 3.42. The molecule has 0 aliphatic carbocycles. The largest absolute Gasteiger partial charge is 0.497 e. The first-order valence-electron chi connectivity index (χ1n) is 11.0. The van der Waals surface area contributed by atoms with Crippen molar-refractivity contribution in [2.24, 2.45) is 0 Å². The minimum Gasteiger partial charge on any atom is -0.497 e. The van der Waals surface area contributed by atoms with Crippen molar-refractivity contribution in [1.29, 1.82) is 0 Å². The Kier molecular flexibility index (Phi) is 5.98. The number of halogens is 1. The van der Waals surface area contributed by atoms with Crippen LogP contribution in [0.1, 0.15) is 34.6 Å². The van der Waals surface area contributed by atoms with Crippen LogP contribution in [0.15, 0.2) is 74.3 Å². The van der Waals surface area contributed by atoms with Gasteiger partial charge in [0.05, 0.1) is 37.8 Å². The fourth-order valence-electron chi connectivity index (χ4n) is 4.42. The SMILES string of the molecule is CCOc1ccc(C2c3c(oc4ccc(Br)cc4c3=O)C(=O)N2c2cccc(OC)c2)cc1OC. The Hall–Kier alpha value is -3.78. The molecule has 0 radical (unpaired) electrons. The van der Waals surface area contributed by atoms with Crippen LogP contribution in [0.5, 0.6) is 17.2 Å². The maximum atomic E-state index is 13.8. The van der Waals surface area contributed by atoms with Crippen molar-refractivity contribution >= 4 is 38.5 Å². The smallest absolute Gasteiger partial charge is 0.295 e. The van der Waals surface area contributed by atoms with Gasteiger partial charge in [-0.25, -0.2) is 0 Å². The molecule has 0 saturated carbocycles. The Morgan fingerprint density at radius 2 is 1.80 bits per heavy atom. The Bertz CT molecular complexity index is 1510. The molecular formula is C27H22BrNO6. The number of rotatable bonds is 6. The number of hydrogen-bond acceptors (Lipinski definition) is 6. The number of nitrogens with zero attached hydrogens (tertiary/aromatic N) is 1. The van der Waals surface area contributed by atoms with Gasteiger partial charge in [0.25, 0.3) is 5.91 Å². The molecule has 178 valence electrons. The lowest BCUT2D eigenvalue weighted by Crippen LogP contribution is -2.29. The number of anilines is 1. The average molecular weight is 536 g/mol. The van der Waals surface area contributed by atoms with E-state index in [1.165, 1.54) is 0 Å². The highest BCUT2D eigenvalue weighted by Gasteiger charge is 2.44. The molecule has 7 nitrogen and oxygen atoms in total. The average Bonchev–Trinajstić information content (AvgIpc) is 3.17. The first-order valence-corrected chi connectivity index (χ1v) is 11.8. The van der Waals surface area contributed by atoms with E-state index in [1.54, 1.807) is 73.7 Å². The maximum absolute atomic E-state index is 13.8. The summed E-state index contributed by atoms with van der Waals surface area (Å²) in [6, 6.07) is 16.9. The Morgan fingerprint density at radius 3 is 2.54 bits per heavy atom. The van der Waals surface area contributed by atoms with E-state index >= 15 is 0 Å². The van der Waals surface area contributed by atoms with Crippen molar-refractivity contribution in [2.75, 3.05) is 25.7 Å². The van der Waals surface area contributed by atoms with Gasteiger partial charge in [0.1, 0.15) is 11.3 Å². The van der Waals surface area contributed by atoms with Crippen LogP contribution in [0.25, 0.3) is 11.0 Å². The summed E-state index contributed by atoms with van der Waals surface area (Å²) in [5.41, 5.74) is 1.61. The molecule has 0 N–H and O–H groups in total. The molecule has 0 spiro atoms. The van der Waals surface area contributed by atoms with E-state index in [9.17, 15) is 9.59 Å². The number of carbonyl (C=O) groups is 1. The van der Waals surface area contributed by atoms with E-state index in [2.05, 4.69) is 15.9 Å². The fraction of sp³-hybridized carbons (Fsp3) is 0.185. The molecule has 1 amide bonds. The number of methoxy groups -OCH3 is 2. The second-order valence-electron chi connectivity index (χ2n) is 7.94. The predicted molar refractivity (Wildman–Crippen MR) is 136 cm³/mol. The van der Waals surface area contributed by atoms with Crippen LogP contribution >= 0.6 is 15.9 Å². The van der Waals surface area contributed by atoms with E-state index in [0.717, 1.165) is 4.47 Å². The van der Waals surface area contributed by atoms with Gasteiger partial charge < -0.3 is 18.6 Å². The van der Waals surface area contributed by atoms with Crippen LogP contribution in [0.3, 0.4) is 0 Å². The maximum Gasteiger partial charge on any atom is 0.295 e. The monoisotopic (exact) mass is 535 g/mol. The summed E-state index contributed by atoms with van der Waals surface area (Å²) in [4.78, 5) is 29.1. The van der Waals surface area contributed by atoms with Gasteiger partial charge in [-0.15, -0.1) is 0 Å². The summed E-state index contributed by atoms with van der Waals surface area (Å²) < 4.78 is 23.4. The van der Waals surface area contributed by atoms with E-state index < -0.39 is 11.9 Å². The van der Waals surface area contributed by atoms with Gasteiger partial charge in [-0.3, -0.25) is 14.5 Å². The molecule has 1 aromatic heterocycles. The molecular weight excluding hydrogens is 514 g/mol. The number of amides is 1. The number of fused-ring (bicyclic) bond motifs is 2. The number of benzene rings is 3. The highest BCUT2D eigenvalue weighted by molar-refractivity contribution is 9.10. The van der Waals surface area contributed by atoms with Crippen molar-refractivity contribution in [2.45, 2.75) is 13.0 Å². The van der Waals surface area contributed by atoms with Crippen molar-refractivity contribution in [3.63, 3.8) is 0 Å². The van der Waals surface area contributed by atoms with Gasteiger partial charge in [-0.1, -0.05) is 28.1 Å². The van der Waals surface area contributed by atoms with Crippen LogP contribution in [0.2, 0.25) is 0 Å². The molecule has 1 atom stereocenters. The minimum absolute atomic E-state index is 0.0190. The minimum atomic E-state index is -0.742. The second-order valence-corrected chi connectivity index (χ2v) is 8.85. The van der Waals surface area contributed by atoms with Crippen LogP contribution in [0, 0.1) is 0 Å². The zero-order chi connectivity index (χ0) is 24.7. The third-order valence-corrected chi connectivity index (χ3v) is 6.46. The second kappa shape index (κ2) is 9.11. The summed E-state index contributed by atoms with van der Waals surface area (Å²) in [5, 5.41) is 0.390. The third kappa shape index (κ3) is 3.83. The van der Waals surface area contributed by atoms with Crippen LogP contribution < -0.4 is 24.5 Å². The number of ether oxygens (including phenoxy) is 3. The summed E-state index contributed by atoms with van der Waals surface area (Å²) in [7, 11) is 3.11. The molecule has 35 heavy (non-hydrogen) atoms. The molecule has 0 fully saturated rings. The molecule has 0 bridgehead atoms. The molecule has 1 aliphatic heterocycles. The molecule has 2 heterocycles. The Labute approximate surface area is 210 Å². The Balaban J connectivity index is 1.79. The van der Waals surface area contributed by atoms with Gasteiger partial charge in [-0.2, -0.15) is 0 Å². The van der Waals surface area contributed by atoms with Crippen LogP contribution in [-0.2, 0) is 0 Å². The predicted octanol–water partition coefficient (Wildman–Crippen LogP) is 5.72. The number of hydrogen-bond donors (Lipinski definition) is 0. The van der Waals surface area contributed by atoms with Crippen molar-refractivity contribution in [3.05, 3.63) is 92.2 Å². The molecule has 1 unspecified atom stereocenters. The van der Waals surface area contributed by atoms with Gasteiger partial charge in [0, 0.05) is 16.2 Å². The molecule has 3 aromatic carbocycles. The fourth-order valence-corrected chi connectivity index (χ4v) is 4.78. The molecule has 4 aromatic rings. The molecule has 1 aliphatic rings. The van der Waals surface area contributed by atoms with Gasteiger partial charge in [-0.05, 0) is 55.0 Å². The Morgan fingerprint density at radius 1 is 0.971 bits per heavy atom. The van der Waals surface area contributed by atoms with Gasteiger partial charge >= 0.3 is 0 Å². The highest BCUT2D eigenvalue weighted by atomic mass is 79.9. The summed E-state index contributed by atoms with van der Waals surface area (Å²) in [6.45, 7) is 2.36. The third-order valence-electron chi connectivity index (χ3n) is 5.97. The van der Waals surface area contributed by atoms with E-state index in [-0.39, 0.29) is 16.8 Å². The summed E-state index contributed by atoms with van der Waals surface area (Å²) in [5.74, 6) is 1.27. The molecule has 5 rings (SSSR count). The normalized spacial score (nSPS) is 14.8. The van der Waals surface area contributed by atoms with Gasteiger partial charge in [0.15, 0.2) is 16.9 Å². The lowest BCUT2D eigenvalue weighted by atomic mass is 9.97. The zero-order valence-electron chi connectivity index (χ0n) is 19.3. The van der Waals surface area contributed by atoms with Crippen molar-refractivity contribution in [3.8, 4) is 17.2 Å². The molecule has 0 saturated heterocycles. The first kappa shape index (κ1) is 23.0. The van der Waals surface area contributed by atoms with E-state index in [4.69, 9.17) is 18.6 Å². The van der Waals surface area contributed by atoms with E-state index in [0.29, 0.717) is 46.1 Å². The lowest BCUT2D eigenvalue weighted by Gasteiger charge is -2.26. The van der Waals surface area contributed by atoms with Crippen LogP contribution in [0.4, 0.5) is 5.69 Å². The highest BCUT2D eigenvalue weighted by Crippen LogP contribution is 2.44. The van der Waals surface area contributed by atoms with Crippen LogP contribution in [-0.4, -0.2) is 26.7 Å². The number of carbonyl (C=O) groups excluding carboxylic acids is 1. The quantitative estimate of drug-likeness (QED) is 0.314. The molecule has 8 heteroatoms. The lowest BCUT2D eigenvalue weighted by molar-refractivity contribution is 0.0971. The standard InChI is InChI=1S/C27H22BrNO6/c1-4-34-21-10-8-15(12-22(21)33-3)24-23-25(30)19-13-16(28)9-11-20(19)35-26(23)27(31)29(24)17-6-5-7-18(14-17)32-2/h5-14,24H,4H2,1-3H3. The zero-order valence-corrected chi connectivity index (χ0v) is 20.9. The first-order chi connectivity index (χ1) is 17.0. The topological polar surface area (TPSA) is 78.2 Å². The van der Waals surface area contributed by atoms with Gasteiger partial charge in [0.2, 0.25) is 5.76 Å². The van der Waals surface area contributed by atoms with Crippen molar-refractivity contribution < 1.29 is 23.4 Å². The van der Waals surface area contributed by atoms with Crippen molar-refractivity contribution in [1.82, 2.24) is 0 Å². The summed E-state index contributed by atoms with van der Waals surface area (Å²) in [6.07, 6.45) is 0.